The highest BCUT2D eigenvalue weighted by Gasteiger charge is 2.19. The summed E-state index contributed by atoms with van der Waals surface area (Å²) in [6.07, 6.45) is 1.40. The van der Waals surface area contributed by atoms with Gasteiger partial charge < -0.3 is 0 Å². The molecule has 0 heterocycles. The van der Waals surface area contributed by atoms with Gasteiger partial charge in [-0.15, -0.1) is 11.6 Å². The molecule has 80 valence electrons. The van der Waals surface area contributed by atoms with E-state index in [4.69, 9.17) is 11.6 Å². The van der Waals surface area contributed by atoms with Crippen LogP contribution in [0.4, 0.5) is 0 Å². The lowest BCUT2D eigenvalue weighted by Crippen LogP contribution is -2.34. The van der Waals surface area contributed by atoms with E-state index in [1.807, 2.05) is 13.8 Å². The Hall–Kier alpha value is 0.200. The van der Waals surface area contributed by atoms with Crippen LogP contribution in [-0.4, -0.2) is 37.4 Å². The van der Waals surface area contributed by atoms with E-state index in [2.05, 4.69) is 0 Å². The molecule has 0 unspecified atom stereocenters. The summed E-state index contributed by atoms with van der Waals surface area (Å²) in [7, 11) is -1.45. The molecule has 0 saturated carbocycles. The number of hydrogen-bond donors (Lipinski definition) is 0. The second-order valence-electron chi connectivity index (χ2n) is 3.32. The van der Waals surface area contributed by atoms with Crippen LogP contribution in [0.5, 0.6) is 0 Å². The Bertz CT molecular complexity index is 226. The first-order chi connectivity index (χ1) is 5.91. The van der Waals surface area contributed by atoms with Crippen LogP contribution in [-0.2, 0) is 10.0 Å². The first-order valence-electron chi connectivity index (χ1n) is 4.43. The van der Waals surface area contributed by atoms with Crippen molar-refractivity contribution in [2.45, 2.75) is 32.7 Å². The van der Waals surface area contributed by atoms with E-state index in [-0.39, 0.29) is 11.8 Å². The highest BCUT2D eigenvalue weighted by Crippen LogP contribution is 2.06. The van der Waals surface area contributed by atoms with E-state index in [0.717, 1.165) is 6.42 Å². The van der Waals surface area contributed by atoms with Crippen molar-refractivity contribution in [3.63, 3.8) is 0 Å². The summed E-state index contributed by atoms with van der Waals surface area (Å²) in [4.78, 5) is 0. The molecule has 0 atom stereocenters. The Morgan fingerprint density at radius 2 is 1.85 bits per heavy atom. The van der Waals surface area contributed by atoms with Gasteiger partial charge in [0.15, 0.2) is 0 Å². The van der Waals surface area contributed by atoms with E-state index in [1.54, 1.807) is 7.05 Å². The molecule has 5 heteroatoms. The molecule has 0 aliphatic carbocycles. The molecule has 3 nitrogen and oxygen atoms in total. The Morgan fingerprint density at radius 3 is 2.23 bits per heavy atom. The SMILES string of the molecule is CC(C)N(C)S(=O)(=O)CCCCCl. The molecule has 0 amide bonds. The second kappa shape index (κ2) is 5.83. The lowest BCUT2D eigenvalue weighted by Gasteiger charge is -2.20. The predicted octanol–water partition coefficient (Wildman–Crippen LogP) is 1.68. The van der Waals surface area contributed by atoms with Crippen molar-refractivity contribution in [1.82, 2.24) is 4.31 Å². The Labute approximate surface area is 86.1 Å². The van der Waals surface area contributed by atoms with Crippen molar-refractivity contribution in [3.8, 4) is 0 Å². The van der Waals surface area contributed by atoms with Gasteiger partial charge in [-0.2, -0.15) is 0 Å². The lowest BCUT2D eigenvalue weighted by molar-refractivity contribution is 0.409. The van der Waals surface area contributed by atoms with Crippen molar-refractivity contribution in [2.24, 2.45) is 0 Å². The number of nitrogens with zero attached hydrogens (tertiary/aromatic N) is 1. The molecule has 0 radical (unpaired) electrons. The quantitative estimate of drug-likeness (QED) is 0.512. The minimum atomic E-state index is -3.06. The fraction of sp³-hybridized carbons (Fsp3) is 1.00. The van der Waals surface area contributed by atoms with E-state index < -0.39 is 10.0 Å². The maximum absolute atomic E-state index is 11.5. The van der Waals surface area contributed by atoms with Gasteiger partial charge in [-0.25, -0.2) is 12.7 Å². The Kier molecular flexibility index (Phi) is 5.92. The normalized spacial score (nSPS) is 12.8. The number of halogens is 1. The van der Waals surface area contributed by atoms with Crippen LogP contribution in [0.2, 0.25) is 0 Å². The monoisotopic (exact) mass is 227 g/mol. The van der Waals surface area contributed by atoms with Gasteiger partial charge in [0, 0.05) is 19.0 Å². The topological polar surface area (TPSA) is 37.4 Å². The number of unbranched alkanes of at least 4 members (excludes halogenated alkanes) is 1. The van der Waals surface area contributed by atoms with Crippen LogP contribution in [0.1, 0.15) is 26.7 Å². The molecule has 0 aromatic carbocycles. The van der Waals surface area contributed by atoms with E-state index in [0.29, 0.717) is 12.3 Å². The highest BCUT2D eigenvalue weighted by molar-refractivity contribution is 7.89. The molecule has 0 rings (SSSR count). The molecule has 0 aromatic rings. The molecule has 0 aliphatic rings. The van der Waals surface area contributed by atoms with Gasteiger partial charge in [0.25, 0.3) is 0 Å². The first-order valence-corrected chi connectivity index (χ1v) is 6.58. The standard InChI is InChI=1S/C8H18ClNO2S/c1-8(2)10(3)13(11,12)7-5-4-6-9/h8H,4-7H2,1-3H3. The zero-order valence-corrected chi connectivity index (χ0v) is 10.0. The molecule has 13 heavy (non-hydrogen) atoms. The van der Waals surface area contributed by atoms with Crippen LogP contribution >= 0.6 is 11.6 Å². The molecule has 0 fully saturated rings. The third-order valence-electron chi connectivity index (χ3n) is 1.95. The van der Waals surface area contributed by atoms with Crippen LogP contribution in [0, 0.1) is 0 Å². The summed E-state index contributed by atoms with van der Waals surface area (Å²) in [6.45, 7) is 3.72. The number of alkyl halides is 1. The van der Waals surface area contributed by atoms with Gasteiger partial charge in [0.1, 0.15) is 0 Å². The Balaban J connectivity index is 4.08. The summed E-state index contributed by atoms with van der Waals surface area (Å²) in [5, 5.41) is 0. The van der Waals surface area contributed by atoms with Crippen molar-refractivity contribution in [1.29, 1.82) is 0 Å². The van der Waals surface area contributed by atoms with Gasteiger partial charge in [-0.05, 0) is 26.7 Å². The average Bonchev–Trinajstić information content (AvgIpc) is 2.03. The largest absolute Gasteiger partial charge is 0.214 e. The van der Waals surface area contributed by atoms with Gasteiger partial charge in [0.2, 0.25) is 10.0 Å². The molecule has 0 aliphatic heterocycles. The summed E-state index contributed by atoms with van der Waals surface area (Å²) >= 11 is 5.46. The maximum atomic E-state index is 11.5. The van der Waals surface area contributed by atoms with Crippen LogP contribution in [0.25, 0.3) is 0 Å². The predicted molar refractivity (Wildman–Crippen MR) is 56.6 cm³/mol. The molecular weight excluding hydrogens is 210 g/mol. The van der Waals surface area contributed by atoms with Crippen molar-refractivity contribution in [2.75, 3.05) is 18.7 Å². The summed E-state index contributed by atoms with van der Waals surface area (Å²) < 4.78 is 24.5. The van der Waals surface area contributed by atoms with Crippen molar-refractivity contribution >= 4 is 21.6 Å². The smallest absolute Gasteiger partial charge is 0.212 e. The van der Waals surface area contributed by atoms with Crippen LogP contribution in [0.3, 0.4) is 0 Å². The third-order valence-corrected chi connectivity index (χ3v) is 4.32. The van der Waals surface area contributed by atoms with E-state index >= 15 is 0 Å². The number of rotatable bonds is 6. The molecule has 0 spiro atoms. The minimum absolute atomic E-state index is 0.0287. The second-order valence-corrected chi connectivity index (χ2v) is 5.85. The minimum Gasteiger partial charge on any atom is -0.212 e. The van der Waals surface area contributed by atoms with Gasteiger partial charge >= 0.3 is 0 Å². The van der Waals surface area contributed by atoms with Gasteiger partial charge in [0.05, 0.1) is 5.75 Å². The van der Waals surface area contributed by atoms with E-state index in [1.165, 1.54) is 4.31 Å². The molecule has 0 bridgehead atoms. The van der Waals surface area contributed by atoms with E-state index in [9.17, 15) is 8.42 Å². The summed E-state index contributed by atoms with van der Waals surface area (Å²) in [5.41, 5.74) is 0. The fourth-order valence-electron chi connectivity index (χ4n) is 0.844. The number of hydrogen-bond acceptors (Lipinski definition) is 2. The summed E-state index contributed by atoms with van der Waals surface area (Å²) in [5.74, 6) is 0.731. The molecule has 0 aromatic heterocycles. The Morgan fingerprint density at radius 1 is 1.31 bits per heavy atom. The zero-order valence-electron chi connectivity index (χ0n) is 8.46. The molecule has 0 N–H and O–H groups in total. The first kappa shape index (κ1) is 13.2. The third kappa shape index (κ3) is 4.84. The molecule has 0 saturated heterocycles. The number of sulfonamides is 1. The fourth-order valence-corrected chi connectivity index (χ4v) is 2.53. The molecular formula is C8H18ClNO2S. The lowest BCUT2D eigenvalue weighted by atomic mass is 10.4. The highest BCUT2D eigenvalue weighted by atomic mass is 35.5. The van der Waals surface area contributed by atoms with Crippen LogP contribution < -0.4 is 0 Å². The zero-order chi connectivity index (χ0) is 10.5. The van der Waals surface area contributed by atoms with Gasteiger partial charge in [-0.1, -0.05) is 0 Å². The summed E-state index contributed by atoms with van der Waals surface area (Å²) in [6, 6.07) is 0.0287. The van der Waals surface area contributed by atoms with Gasteiger partial charge in [-0.3, -0.25) is 0 Å². The maximum Gasteiger partial charge on any atom is 0.214 e. The average molecular weight is 228 g/mol. The van der Waals surface area contributed by atoms with Crippen molar-refractivity contribution in [3.05, 3.63) is 0 Å². The van der Waals surface area contributed by atoms with Crippen molar-refractivity contribution < 1.29 is 8.42 Å². The van der Waals surface area contributed by atoms with Crippen LogP contribution in [0.15, 0.2) is 0 Å².